The Morgan fingerprint density at radius 3 is 2.78 bits per heavy atom. The molecule has 2 aromatic rings. The Kier molecular flexibility index (Phi) is 3.16. The normalized spacial score (nSPS) is 11.9. The van der Waals surface area contributed by atoms with Gasteiger partial charge in [0.25, 0.3) is 0 Å². The highest BCUT2D eigenvalue weighted by molar-refractivity contribution is 7.92. The molecule has 2 rings (SSSR count). The summed E-state index contributed by atoms with van der Waals surface area (Å²) in [6.45, 7) is 1.80. The van der Waals surface area contributed by atoms with Gasteiger partial charge in [-0.1, -0.05) is 6.92 Å². The van der Waals surface area contributed by atoms with Crippen LogP contribution in [-0.2, 0) is 17.1 Å². The topological polar surface area (TPSA) is 84.0 Å². The zero-order valence-corrected chi connectivity index (χ0v) is 11.0. The molecule has 1 aromatic heterocycles. The fourth-order valence-corrected chi connectivity index (χ4v) is 2.93. The lowest BCUT2D eigenvalue weighted by Gasteiger charge is -2.06. The molecule has 0 fully saturated rings. The van der Waals surface area contributed by atoms with Crippen molar-refractivity contribution in [3.05, 3.63) is 28.7 Å². The van der Waals surface area contributed by atoms with Crippen LogP contribution in [0.3, 0.4) is 0 Å². The standard InChI is InChI=1S/C11H15N3O3S/c1-3-6-18(16,17)13-8-4-5-10-9(7-8)12-11(15)14(10)2/h4-5,7,13H,3,6H2,1-2H3,(H,12,15). The lowest BCUT2D eigenvalue weighted by molar-refractivity contribution is 0.600. The lowest BCUT2D eigenvalue weighted by atomic mass is 10.3. The highest BCUT2D eigenvalue weighted by Gasteiger charge is 2.10. The van der Waals surface area contributed by atoms with Crippen molar-refractivity contribution in [2.24, 2.45) is 7.05 Å². The summed E-state index contributed by atoms with van der Waals surface area (Å²) in [5.41, 5.74) is 1.58. The van der Waals surface area contributed by atoms with Crippen molar-refractivity contribution in [2.75, 3.05) is 10.5 Å². The zero-order chi connectivity index (χ0) is 13.3. The molecule has 0 unspecified atom stereocenters. The average molecular weight is 269 g/mol. The van der Waals surface area contributed by atoms with Gasteiger partial charge in [0.2, 0.25) is 10.0 Å². The van der Waals surface area contributed by atoms with E-state index in [9.17, 15) is 13.2 Å². The molecule has 0 aliphatic carbocycles. The number of sulfonamides is 1. The average Bonchev–Trinajstić information content (AvgIpc) is 2.53. The molecule has 6 nitrogen and oxygen atoms in total. The number of nitrogens with one attached hydrogen (secondary N) is 2. The van der Waals surface area contributed by atoms with Crippen LogP contribution < -0.4 is 10.4 Å². The molecule has 1 heterocycles. The number of H-pyrrole nitrogens is 1. The third-order valence-corrected chi connectivity index (χ3v) is 4.14. The van der Waals surface area contributed by atoms with Crippen LogP contribution in [0, 0.1) is 0 Å². The van der Waals surface area contributed by atoms with Crippen molar-refractivity contribution in [1.82, 2.24) is 9.55 Å². The summed E-state index contributed by atoms with van der Waals surface area (Å²) in [5.74, 6) is 0.0797. The summed E-state index contributed by atoms with van der Waals surface area (Å²) >= 11 is 0. The second kappa shape index (κ2) is 4.49. The van der Waals surface area contributed by atoms with Gasteiger partial charge in [0.05, 0.1) is 22.5 Å². The van der Waals surface area contributed by atoms with Gasteiger partial charge in [-0.25, -0.2) is 13.2 Å². The minimum atomic E-state index is -3.31. The van der Waals surface area contributed by atoms with E-state index in [-0.39, 0.29) is 11.4 Å². The van der Waals surface area contributed by atoms with Crippen LogP contribution in [0.5, 0.6) is 0 Å². The number of rotatable bonds is 4. The number of anilines is 1. The van der Waals surface area contributed by atoms with Crippen LogP contribution in [0.4, 0.5) is 5.69 Å². The van der Waals surface area contributed by atoms with E-state index >= 15 is 0 Å². The van der Waals surface area contributed by atoms with E-state index < -0.39 is 10.0 Å². The molecular weight excluding hydrogens is 254 g/mol. The van der Waals surface area contributed by atoms with Crippen LogP contribution in [0.25, 0.3) is 11.0 Å². The Balaban J connectivity index is 2.40. The van der Waals surface area contributed by atoms with E-state index in [1.807, 2.05) is 0 Å². The largest absolute Gasteiger partial charge is 0.326 e. The van der Waals surface area contributed by atoms with Gasteiger partial charge in [-0.3, -0.25) is 9.29 Å². The number of aromatic amines is 1. The Hall–Kier alpha value is -1.76. The number of fused-ring (bicyclic) bond motifs is 1. The van der Waals surface area contributed by atoms with Gasteiger partial charge >= 0.3 is 5.69 Å². The van der Waals surface area contributed by atoms with E-state index in [0.717, 1.165) is 5.52 Å². The van der Waals surface area contributed by atoms with Crippen molar-refractivity contribution < 1.29 is 8.42 Å². The van der Waals surface area contributed by atoms with E-state index in [1.54, 1.807) is 32.2 Å². The minimum absolute atomic E-state index is 0.0797. The summed E-state index contributed by atoms with van der Waals surface area (Å²) < 4.78 is 27.2. The van der Waals surface area contributed by atoms with Crippen LogP contribution in [0.2, 0.25) is 0 Å². The van der Waals surface area contributed by atoms with Crippen LogP contribution in [0.1, 0.15) is 13.3 Å². The first-order valence-corrected chi connectivity index (χ1v) is 7.27. The van der Waals surface area contributed by atoms with E-state index in [1.165, 1.54) is 4.57 Å². The maximum atomic E-state index is 11.6. The molecule has 0 amide bonds. The SMILES string of the molecule is CCCS(=O)(=O)Nc1ccc2c(c1)[nH]c(=O)n2C. The van der Waals surface area contributed by atoms with Gasteiger partial charge in [-0.05, 0) is 24.6 Å². The van der Waals surface area contributed by atoms with Crippen molar-refractivity contribution >= 4 is 26.7 Å². The summed E-state index contributed by atoms with van der Waals surface area (Å²) in [6, 6.07) is 4.96. The Morgan fingerprint density at radius 2 is 2.11 bits per heavy atom. The second-order valence-corrected chi connectivity index (χ2v) is 5.98. The molecule has 7 heteroatoms. The Morgan fingerprint density at radius 1 is 1.39 bits per heavy atom. The molecule has 0 spiro atoms. The van der Waals surface area contributed by atoms with Gasteiger partial charge in [-0.2, -0.15) is 0 Å². The van der Waals surface area contributed by atoms with Gasteiger partial charge in [-0.15, -0.1) is 0 Å². The van der Waals surface area contributed by atoms with Crippen molar-refractivity contribution in [3.63, 3.8) is 0 Å². The van der Waals surface area contributed by atoms with Gasteiger partial charge in [0.1, 0.15) is 0 Å². The molecule has 18 heavy (non-hydrogen) atoms. The summed E-state index contributed by atoms with van der Waals surface area (Å²) in [4.78, 5) is 14.1. The number of aromatic nitrogens is 2. The van der Waals surface area contributed by atoms with Crippen molar-refractivity contribution in [3.8, 4) is 0 Å². The first-order chi connectivity index (χ1) is 8.43. The first kappa shape index (κ1) is 12.7. The molecule has 0 atom stereocenters. The lowest BCUT2D eigenvalue weighted by Crippen LogP contribution is -2.15. The molecular formula is C11H15N3O3S. The first-order valence-electron chi connectivity index (χ1n) is 5.62. The molecule has 0 bridgehead atoms. The zero-order valence-electron chi connectivity index (χ0n) is 10.2. The molecule has 98 valence electrons. The van der Waals surface area contributed by atoms with Gasteiger partial charge in [0.15, 0.2) is 0 Å². The number of hydrogen-bond acceptors (Lipinski definition) is 3. The molecule has 0 aliphatic heterocycles. The number of aryl methyl sites for hydroxylation is 1. The van der Waals surface area contributed by atoms with Gasteiger partial charge in [0, 0.05) is 7.05 Å². The fraction of sp³-hybridized carbons (Fsp3) is 0.364. The predicted octanol–water partition coefficient (Wildman–Crippen LogP) is 1.02. The fourth-order valence-electron chi connectivity index (χ4n) is 1.80. The highest BCUT2D eigenvalue weighted by atomic mass is 32.2. The summed E-state index contributed by atoms with van der Waals surface area (Å²) in [5, 5.41) is 0. The molecule has 2 N–H and O–H groups in total. The Bertz CT molecular complexity index is 728. The smallest absolute Gasteiger partial charge is 0.305 e. The van der Waals surface area contributed by atoms with Gasteiger partial charge < -0.3 is 4.98 Å². The maximum Gasteiger partial charge on any atom is 0.326 e. The minimum Gasteiger partial charge on any atom is -0.305 e. The number of imidazole rings is 1. The third-order valence-electron chi connectivity index (χ3n) is 2.65. The summed E-state index contributed by atoms with van der Waals surface area (Å²) in [7, 11) is -1.65. The molecule has 0 saturated carbocycles. The molecule has 1 aromatic carbocycles. The van der Waals surface area contributed by atoms with E-state index in [2.05, 4.69) is 9.71 Å². The van der Waals surface area contributed by atoms with Crippen LogP contribution in [0.15, 0.2) is 23.0 Å². The molecule has 0 radical (unpaired) electrons. The second-order valence-electron chi connectivity index (χ2n) is 4.14. The number of benzene rings is 1. The third kappa shape index (κ3) is 2.40. The molecule has 0 aliphatic rings. The summed E-state index contributed by atoms with van der Waals surface area (Å²) in [6.07, 6.45) is 0.555. The van der Waals surface area contributed by atoms with Crippen molar-refractivity contribution in [1.29, 1.82) is 0 Å². The van der Waals surface area contributed by atoms with Crippen LogP contribution in [-0.4, -0.2) is 23.7 Å². The monoisotopic (exact) mass is 269 g/mol. The molecule has 0 saturated heterocycles. The Labute approximate surface area is 105 Å². The van der Waals surface area contributed by atoms with Crippen LogP contribution >= 0.6 is 0 Å². The maximum absolute atomic E-state index is 11.6. The highest BCUT2D eigenvalue weighted by Crippen LogP contribution is 2.17. The van der Waals surface area contributed by atoms with Crippen molar-refractivity contribution in [2.45, 2.75) is 13.3 Å². The number of nitrogens with zero attached hydrogens (tertiary/aromatic N) is 1. The number of hydrogen-bond donors (Lipinski definition) is 2. The van der Waals surface area contributed by atoms with E-state index in [0.29, 0.717) is 17.6 Å². The predicted molar refractivity (Wildman–Crippen MR) is 71.2 cm³/mol. The quantitative estimate of drug-likeness (QED) is 0.869. The van der Waals surface area contributed by atoms with E-state index in [4.69, 9.17) is 0 Å².